The SMILES string of the molecule is C[SiH](C)[Hf]([CH3])([CH3])([CH]1C=Cc2ccccc21)[CH]1C=Cc2ccccc21. The average molecular weight is 498 g/mol. The van der Waals surface area contributed by atoms with Crippen LogP contribution in [0.15, 0.2) is 60.7 Å². The van der Waals surface area contributed by atoms with Crippen molar-refractivity contribution >= 4 is 18.1 Å². The quantitative estimate of drug-likeness (QED) is 0.437. The summed E-state index contributed by atoms with van der Waals surface area (Å²) in [5.41, 5.74) is 6.13. The van der Waals surface area contributed by atoms with Crippen molar-refractivity contribution in [3.63, 3.8) is 0 Å². The van der Waals surface area contributed by atoms with Crippen molar-refractivity contribution in [1.29, 1.82) is 0 Å². The fourth-order valence-corrected chi connectivity index (χ4v) is 42.1. The Hall–Kier alpha value is -0.993. The number of benzene rings is 2. The number of fused-ring (bicyclic) bond motifs is 2. The van der Waals surface area contributed by atoms with Gasteiger partial charge in [0, 0.05) is 0 Å². The third-order valence-corrected chi connectivity index (χ3v) is 73.9. The van der Waals surface area contributed by atoms with Gasteiger partial charge in [0.15, 0.2) is 0 Å². The van der Waals surface area contributed by atoms with Gasteiger partial charge in [0.1, 0.15) is 0 Å². The Kier molecular flexibility index (Phi) is 3.78. The second kappa shape index (κ2) is 5.50. The third kappa shape index (κ3) is 2.12. The summed E-state index contributed by atoms with van der Waals surface area (Å²) in [6.45, 7) is 5.25. The van der Waals surface area contributed by atoms with Gasteiger partial charge in [0.2, 0.25) is 0 Å². The summed E-state index contributed by atoms with van der Waals surface area (Å²) in [6.07, 6.45) is 9.93. The predicted octanol–water partition coefficient (Wildman–Crippen LogP) is 6.29. The Balaban J connectivity index is 1.92. The summed E-state index contributed by atoms with van der Waals surface area (Å²) >= 11 is -3.25. The molecule has 4 rings (SSSR count). The van der Waals surface area contributed by atoms with Crippen LogP contribution >= 0.6 is 0 Å². The van der Waals surface area contributed by atoms with E-state index >= 15 is 0 Å². The molecule has 2 unspecified atom stereocenters. The second-order valence-electron chi connectivity index (χ2n) is 8.82. The molecule has 24 heavy (non-hydrogen) atoms. The molecular formula is C22H27HfSi. The number of allylic oxidation sites excluding steroid dienone is 2. The van der Waals surface area contributed by atoms with E-state index in [1.807, 2.05) is 0 Å². The first kappa shape index (κ1) is 16.5. The summed E-state index contributed by atoms with van der Waals surface area (Å²) in [4.78, 5) is 0. The molecule has 2 aliphatic rings. The maximum atomic E-state index is 2.78. The molecule has 0 saturated carbocycles. The van der Waals surface area contributed by atoms with E-state index in [1.165, 1.54) is 11.1 Å². The van der Waals surface area contributed by atoms with Crippen LogP contribution in [0.2, 0.25) is 22.5 Å². The first-order valence-corrected chi connectivity index (χ1v) is 29.6. The van der Waals surface area contributed by atoms with Crippen molar-refractivity contribution < 1.29 is 17.7 Å². The van der Waals surface area contributed by atoms with Crippen LogP contribution in [0, 0.1) is 0 Å². The van der Waals surface area contributed by atoms with Gasteiger partial charge in [-0.1, -0.05) is 0 Å². The van der Waals surface area contributed by atoms with Crippen LogP contribution in [0.25, 0.3) is 12.2 Å². The topological polar surface area (TPSA) is 0 Å². The third-order valence-electron chi connectivity index (χ3n) is 7.38. The van der Waals surface area contributed by atoms with E-state index < -0.39 is 23.7 Å². The summed E-state index contributed by atoms with van der Waals surface area (Å²) in [5, 5.41) is 0. The van der Waals surface area contributed by atoms with Gasteiger partial charge in [-0.05, 0) is 0 Å². The molecule has 0 saturated heterocycles. The Morgan fingerprint density at radius 1 is 0.708 bits per heavy atom. The van der Waals surface area contributed by atoms with Crippen molar-refractivity contribution in [1.82, 2.24) is 0 Å². The zero-order valence-corrected chi connectivity index (χ0v) is 19.9. The molecule has 0 aliphatic heterocycles. The molecular weight excluding hydrogens is 471 g/mol. The molecule has 2 heteroatoms. The fraction of sp³-hybridized carbons (Fsp3) is 0.273. The number of hydrogen-bond acceptors (Lipinski definition) is 0. The van der Waals surface area contributed by atoms with Gasteiger partial charge >= 0.3 is 149 Å². The van der Waals surface area contributed by atoms with Gasteiger partial charge in [0.25, 0.3) is 0 Å². The van der Waals surface area contributed by atoms with Crippen LogP contribution in [0.3, 0.4) is 0 Å². The zero-order chi connectivity index (χ0) is 17.0. The summed E-state index contributed by atoms with van der Waals surface area (Å²) in [5.74, 6) is -0.822. The first-order valence-electron chi connectivity index (χ1n) is 9.16. The van der Waals surface area contributed by atoms with E-state index in [0.717, 1.165) is 0 Å². The summed E-state index contributed by atoms with van der Waals surface area (Å²) in [7, 11) is 0. The molecule has 2 aromatic carbocycles. The molecule has 0 nitrogen and oxygen atoms in total. The van der Waals surface area contributed by atoms with E-state index in [-0.39, 0.29) is 0 Å². The molecule has 0 bridgehead atoms. The van der Waals surface area contributed by atoms with Crippen molar-refractivity contribution in [2.45, 2.75) is 29.8 Å². The normalized spacial score (nSPS) is 23.1. The van der Waals surface area contributed by atoms with Crippen LogP contribution in [-0.4, -0.2) is 5.98 Å². The Morgan fingerprint density at radius 3 is 1.54 bits per heavy atom. The molecule has 2 aliphatic carbocycles. The van der Waals surface area contributed by atoms with Gasteiger partial charge in [-0.25, -0.2) is 0 Å². The molecule has 123 valence electrons. The van der Waals surface area contributed by atoms with E-state index in [9.17, 15) is 0 Å². The van der Waals surface area contributed by atoms with E-state index in [2.05, 4.69) is 95.3 Å². The maximum absolute atomic E-state index is 3.25. The molecule has 0 N–H and O–H groups in total. The Labute approximate surface area is 148 Å². The Morgan fingerprint density at radius 2 is 1.12 bits per heavy atom. The van der Waals surface area contributed by atoms with Crippen molar-refractivity contribution in [3.05, 3.63) is 82.9 Å². The minimum atomic E-state index is -3.25. The minimum absolute atomic E-state index is 0.700. The van der Waals surface area contributed by atoms with Gasteiger partial charge < -0.3 is 0 Å². The van der Waals surface area contributed by atoms with Crippen molar-refractivity contribution in [2.24, 2.45) is 0 Å². The molecule has 2 aromatic rings. The first-order chi connectivity index (χ1) is 11.4. The van der Waals surface area contributed by atoms with Crippen molar-refractivity contribution in [3.8, 4) is 0 Å². The molecule has 0 heterocycles. The van der Waals surface area contributed by atoms with Gasteiger partial charge in [-0.3, -0.25) is 0 Å². The van der Waals surface area contributed by atoms with E-state index in [0.29, 0.717) is 7.35 Å². The molecule has 0 amide bonds. The zero-order valence-electron chi connectivity index (χ0n) is 15.2. The fourth-order valence-electron chi connectivity index (χ4n) is 5.00. The van der Waals surface area contributed by atoms with Crippen LogP contribution < -0.4 is 0 Å². The molecule has 0 fully saturated rings. The number of hydrogen-bond donors (Lipinski definition) is 0. The number of rotatable bonds is 3. The van der Waals surface area contributed by atoms with Crippen LogP contribution in [0.4, 0.5) is 0 Å². The van der Waals surface area contributed by atoms with E-state index in [1.54, 1.807) is 11.1 Å². The predicted molar refractivity (Wildman–Crippen MR) is 107 cm³/mol. The van der Waals surface area contributed by atoms with Crippen LogP contribution in [0.1, 0.15) is 29.6 Å². The van der Waals surface area contributed by atoms with Gasteiger partial charge in [0.05, 0.1) is 0 Å². The molecule has 0 radical (unpaired) electrons. The Bertz CT molecular complexity index is 794. The molecule has 0 spiro atoms. The molecule has 0 aromatic heterocycles. The van der Waals surface area contributed by atoms with Gasteiger partial charge in [-0.15, -0.1) is 0 Å². The molecule has 2 atom stereocenters. The standard InChI is InChI=1S/2C9H7.C2H7Si.2CH3.Hf/c2*1-2-5-9-7-3-6-8(9)4-1;1-3-2;;;/h2*1-7H;3H,1-2H3;2*1H3;. The van der Waals surface area contributed by atoms with Gasteiger partial charge in [-0.2, -0.15) is 0 Å². The van der Waals surface area contributed by atoms with E-state index in [4.69, 9.17) is 0 Å². The monoisotopic (exact) mass is 499 g/mol. The van der Waals surface area contributed by atoms with Crippen LogP contribution in [-0.2, 0) is 17.7 Å². The summed E-state index contributed by atoms with van der Waals surface area (Å²) < 4.78 is 6.96. The average Bonchev–Trinajstić information content (AvgIpc) is 3.20. The second-order valence-corrected chi connectivity index (χ2v) is 62.6. The summed E-state index contributed by atoms with van der Waals surface area (Å²) in [6, 6.07) is 18.2. The van der Waals surface area contributed by atoms with Crippen LogP contribution in [0.5, 0.6) is 0 Å². The van der Waals surface area contributed by atoms with Crippen molar-refractivity contribution in [2.75, 3.05) is 0 Å².